The van der Waals surface area contributed by atoms with Crippen molar-refractivity contribution in [1.82, 2.24) is 24.9 Å². The summed E-state index contributed by atoms with van der Waals surface area (Å²) in [5.41, 5.74) is 5.65. The topological polar surface area (TPSA) is 112 Å². The van der Waals surface area contributed by atoms with Gasteiger partial charge in [-0.25, -0.2) is 28.7 Å². The molecule has 0 atom stereocenters. The van der Waals surface area contributed by atoms with Crippen LogP contribution >= 0.6 is 23.5 Å². The summed E-state index contributed by atoms with van der Waals surface area (Å²) in [6, 6.07) is 4.00. The molecule has 0 saturated heterocycles. The van der Waals surface area contributed by atoms with Crippen LogP contribution in [-0.2, 0) is 0 Å². The highest BCUT2D eigenvalue weighted by molar-refractivity contribution is 8.00. The minimum absolute atomic E-state index is 0.0125. The number of aromatic nitrogens is 5. The number of nitrogen functional groups attached to an aromatic ring is 1. The molecule has 3 heterocycles. The molecule has 0 aliphatic carbocycles. The number of rotatable bonds is 5. The van der Waals surface area contributed by atoms with Crippen molar-refractivity contribution in [3.8, 4) is 17.1 Å². The van der Waals surface area contributed by atoms with Gasteiger partial charge < -0.3 is 15.2 Å². The molecule has 0 unspecified atom stereocenters. The van der Waals surface area contributed by atoms with E-state index in [4.69, 9.17) is 22.1 Å². The summed E-state index contributed by atoms with van der Waals surface area (Å²) in [4.78, 5) is 20.6. The maximum atomic E-state index is 15.1. The first-order valence-electron chi connectivity index (χ1n) is 8.32. The molecule has 4 aromatic rings. The van der Waals surface area contributed by atoms with E-state index in [9.17, 15) is 4.39 Å². The number of fused-ring (bicyclic) bond motifs is 1. The second-order valence-electron chi connectivity index (χ2n) is 5.84. The second kappa shape index (κ2) is 8.20. The Balaban J connectivity index is 1.69. The van der Waals surface area contributed by atoms with E-state index >= 15 is 4.39 Å². The van der Waals surface area contributed by atoms with Crippen LogP contribution in [0, 0.1) is 11.6 Å². The van der Waals surface area contributed by atoms with Gasteiger partial charge in [0.25, 0.3) is 0 Å². The van der Waals surface area contributed by atoms with Gasteiger partial charge in [0.1, 0.15) is 11.3 Å². The average molecular weight is 448 g/mol. The summed E-state index contributed by atoms with van der Waals surface area (Å²) in [6.07, 6.45) is 3.98. The zero-order valence-electron chi connectivity index (χ0n) is 15.2. The quantitative estimate of drug-likeness (QED) is 0.436. The number of nitrogens with two attached hydrogens (primary N) is 1. The highest BCUT2D eigenvalue weighted by Gasteiger charge is 2.19. The molecule has 4 rings (SSSR count). The van der Waals surface area contributed by atoms with Crippen LogP contribution in [-0.4, -0.2) is 32.0 Å². The lowest BCUT2D eigenvalue weighted by Gasteiger charge is -2.12. The van der Waals surface area contributed by atoms with Gasteiger partial charge in [-0.1, -0.05) is 11.6 Å². The second-order valence-corrected chi connectivity index (χ2v) is 7.13. The average Bonchev–Trinajstić information content (AvgIpc) is 2.73. The smallest absolute Gasteiger partial charge is 0.228 e. The minimum Gasteiger partial charge on any atom is -0.480 e. The predicted molar refractivity (Wildman–Crippen MR) is 110 cm³/mol. The number of halogens is 3. The highest BCUT2D eigenvalue weighted by atomic mass is 35.5. The van der Waals surface area contributed by atoms with Crippen LogP contribution in [0.25, 0.3) is 22.4 Å². The van der Waals surface area contributed by atoms with Gasteiger partial charge in [0.15, 0.2) is 11.5 Å². The Bertz CT molecular complexity index is 1260. The Morgan fingerprint density at radius 2 is 1.93 bits per heavy atom. The van der Waals surface area contributed by atoms with Crippen LogP contribution in [0.2, 0.25) is 5.02 Å². The van der Waals surface area contributed by atoms with Crippen molar-refractivity contribution < 1.29 is 13.5 Å². The number of hydrogen-bond acceptors (Lipinski definition) is 9. The molecule has 0 spiro atoms. The van der Waals surface area contributed by atoms with Crippen LogP contribution in [0.4, 0.5) is 20.4 Å². The van der Waals surface area contributed by atoms with E-state index in [0.717, 1.165) is 18.0 Å². The van der Waals surface area contributed by atoms with E-state index in [2.05, 4.69) is 29.6 Å². The molecule has 0 amide bonds. The van der Waals surface area contributed by atoms with Gasteiger partial charge in [-0.15, -0.1) is 0 Å². The molecule has 0 aliphatic rings. The van der Waals surface area contributed by atoms with Gasteiger partial charge in [-0.05, 0) is 30.1 Å². The third kappa shape index (κ3) is 3.89. The van der Waals surface area contributed by atoms with E-state index in [0.29, 0.717) is 15.8 Å². The lowest BCUT2D eigenvalue weighted by molar-refractivity contribution is 0.387. The van der Waals surface area contributed by atoms with Gasteiger partial charge in [0.2, 0.25) is 11.8 Å². The summed E-state index contributed by atoms with van der Waals surface area (Å²) in [7, 11) is 1.45. The van der Waals surface area contributed by atoms with Gasteiger partial charge >= 0.3 is 0 Å². The summed E-state index contributed by atoms with van der Waals surface area (Å²) < 4.78 is 37.6. The molecule has 0 radical (unpaired) electrons. The van der Waals surface area contributed by atoms with Crippen molar-refractivity contribution in [3.05, 3.63) is 53.4 Å². The molecular weight excluding hydrogens is 436 g/mol. The van der Waals surface area contributed by atoms with Gasteiger partial charge in [-0.3, -0.25) is 0 Å². The van der Waals surface area contributed by atoms with Crippen LogP contribution in [0.15, 0.2) is 41.7 Å². The summed E-state index contributed by atoms with van der Waals surface area (Å²) in [5, 5.41) is 0.384. The molecule has 3 aromatic heterocycles. The molecule has 30 heavy (non-hydrogen) atoms. The molecule has 12 heteroatoms. The number of nitrogens with one attached hydrogen (secondary N) is 1. The Morgan fingerprint density at radius 1 is 1.10 bits per heavy atom. The molecular formula is C18H12ClF2N7OS. The fourth-order valence-electron chi connectivity index (χ4n) is 2.57. The van der Waals surface area contributed by atoms with Crippen molar-refractivity contribution in [1.29, 1.82) is 0 Å². The maximum absolute atomic E-state index is 15.1. The normalized spacial score (nSPS) is 10.9. The minimum atomic E-state index is -0.846. The Hall–Kier alpha value is -3.31. The SMILES string of the molecule is COc1ncc(Cl)cc1SNc1ccc(F)c(-c2cnc3nc(N)ncc3n2)c1F. The van der Waals surface area contributed by atoms with Crippen molar-refractivity contribution in [3.63, 3.8) is 0 Å². The molecule has 0 saturated carbocycles. The molecule has 0 bridgehead atoms. The summed E-state index contributed by atoms with van der Waals surface area (Å²) in [6.45, 7) is 0. The first-order chi connectivity index (χ1) is 14.5. The lowest BCUT2D eigenvalue weighted by Crippen LogP contribution is -2.01. The Morgan fingerprint density at radius 3 is 2.73 bits per heavy atom. The van der Waals surface area contributed by atoms with Crippen LogP contribution in [0.3, 0.4) is 0 Å². The number of ether oxygens (including phenoxy) is 1. The van der Waals surface area contributed by atoms with Crippen molar-refractivity contribution >= 4 is 46.3 Å². The van der Waals surface area contributed by atoms with E-state index in [1.165, 1.54) is 31.8 Å². The van der Waals surface area contributed by atoms with Crippen LogP contribution < -0.4 is 15.2 Å². The maximum Gasteiger partial charge on any atom is 0.228 e. The summed E-state index contributed by atoms with van der Waals surface area (Å²) in [5.74, 6) is -1.31. The first-order valence-corrected chi connectivity index (χ1v) is 9.51. The third-order valence-corrected chi connectivity index (χ3v) is 4.96. The fraction of sp³-hybridized carbons (Fsp3) is 0.0556. The first kappa shape index (κ1) is 20.0. The van der Waals surface area contributed by atoms with E-state index < -0.39 is 11.6 Å². The highest BCUT2D eigenvalue weighted by Crippen LogP contribution is 2.34. The molecule has 1 aromatic carbocycles. The van der Waals surface area contributed by atoms with Gasteiger partial charge in [0, 0.05) is 6.20 Å². The number of hydrogen-bond donors (Lipinski definition) is 2. The van der Waals surface area contributed by atoms with E-state index in [-0.39, 0.29) is 34.1 Å². The molecule has 0 fully saturated rings. The van der Waals surface area contributed by atoms with Crippen LogP contribution in [0.5, 0.6) is 5.88 Å². The van der Waals surface area contributed by atoms with E-state index in [1.807, 2.05) is 0 Å². The number of anilines is 2. The van der Waals surface area contributed by atoms with Crippen molar-refractivity contribution in [2.24, 2.45) is 0 Å². The van der Waals surface area contributed by atoms with Crippen molar-refractivity contribution in [2.75, 3.05) is 17.6 Å². The monoisotopic (exact) mass is 447 g/mol. The predicted octanol–water partition coefficient (Wildman–Crippen LogP) is 4.12. The standard InChI is InChI=1S/C18H12ClF2N7OS/c1-29-17-13(4-8(19)5-24-17)30-28-10-3-2-9(20)14(15(10)21)11-6-23-16-12(26-11)7-25-18(22)27-16/h2-7,28H,1H3,(H2,22,23,25,27). The van der Waals surface area contributed by atoms with Gasteiger partial charge in [-0.2, -0.15) is 4.98 Å². The Kier molecular flexibility index (Phi) is 5.46. The molecule has 8 nitrogen and oxygen atoms in total. The van der Waals surface area contributed by atoms with E-state index in [1.54, 1.807) is 6.07 Å². The molecule has 152 valence electrons. The lowest BCUT2D eigenvalue weighted by atomic mass is 10.1. The number of nitrogens with zero attached hydrogens (tertiary/aromatic N) is 5. The Labute approximate surface area is 178 Å². The number of benzene rings is 1. The zero-order valence-corrected chi connectivity index (χ0v) is 16.8. The molecule has 3 N–H and O–H groups in total. The summed E-state index contributed by atoms with van der Waals surface area (Å²) >= 11 is 6.97. The number of methoxy groups -OCH3 is 1. The largest absolute Gasteiger partial charge is 0.480 e. The van der Waals surface area contributed by atoms with Crippen LogP contribution in [0.1, 0.15) is 0 Å². The number of pyridine rings is 1. The zero-order chi connectivity index (χ0) is 21.3. The fourth-order valence-corrected chi connectivity index (χ4v) is 3.57. The molecule has 0 aliphatic heterocycles. The van der Waals surface area contributed by atoms with Crippen molar-refractivity contribution in [2.45, 2.75) is 4.90 Å². The third-order valence-electron chi connectivity index (χ3n) is 3.92. The van der Waals surface area contributed by atoms with Gasteiger partial charge in [0.05, 0.1) is 46.4 Å².